The molecule has 0 aliphatic heterocycles. The number of nitrogens with one attached hydrogen (secondary N) is 3. The highest BCUT2D eigenvalue weighted by Crippen LogP contribution is 2.38. The minimum atomic E-state index is -0.388. The Hall–Kier alpha value is -3.96. The largest absolute Gasteiger partial charge is 0.359 e. The first-order valence-electron chi connectivity index (χ1n) is 13.9. The number of amides is 2. The zero-order valence-corrected chi connectivity index (χ0v) is 25.1. The van der Waals surface area contributed by atoms with Crippen LogP contribution in [-0.4, -0.2) is 50.7 Å². The van der Waals surface area contributed by atoms with Gasteiger partial charge >= 0.3 is 6.03 Å². The molecular weight excluding hydrogens is 536 g/mol. The second kappa shape index (κ2) is 10.1. The summed E-state index contributed by atoms with van der Waals surface area (Å²) in [7, 11) is 2.12. The lowest BCUT2D eigenvalue weighted by atomic mass is 9.93. The van der Waals surface area contributed by atoms with Crippen LogP contribution in [0.4, 0.5) is 22.1 Å². The monoisotopic (exact) mass is 572 g/mol. The molecule has 1 saturated carbocycles. The molecule has 0 saturated heterocycles. The van der Waals surface area contributed by atoms with Crippen LogP contribution in [0, 0.1) is 0 Å². The Kier molecular flexibility index (Phi) is 6.74. The number of aromatic nitrogens is 4. The maximum Gasteiger partial charge on any atom is 0.324 e. The Labute approximate surface area is 243 Å². The minimum absolute atomic E-state index is 0.187. The van der Waals surface area contributed by atoms with Gasteiger partial charge in [-0.2, -0.15) is 0 Å². The predicted octanol–water partition coefficient (Wildman–Crippen LogP) is 6.51. The van der Waals surface area contributed by atoms with Crippen LogP contribution in [0.15, 0.2) is 53.2 Å². The van der Waals surface area contributed by atoms with Crippen molar-refractivity contribution in [2.24, 2.45) is 0 Å². The first kappa shape index (κ1) is 27.2. The number of carbonyl (C=O) groups excluding carboxylic acids is 1. The molecule has 6 rings (SSSR count). The summed E-state index contributed by atoms with van der Waals surface area (Å²) in [6.45, 7) is 11.4. The average molecular weight is 573 g/mol. The van der Waals surface area contributed by atoms with Crippen LogP contribution in [0.2, 0.25) is 0 Å². The topological polar surface area (TPSA) is 113 Å². The summed E-state index contributed by atoms with van der Waals surface area (Å²) in [4.78, 5) is 26.4. The minimum Gasteiger partial charge on any atom is -0.359 e. The molecule has 5 aromatic rings. The molecule has 1 fully saturated rings. The van der Waals surface area contributed by atoms with Gasteiger partial charge in [0.15, 0.2) is 10.8 Å². The molecule has 0 bridgehead atoms. The van der Waals surface area contributed by atoms with Crippen molar-refractivity contribution in [3.05, 3.63) is 54.4 Å². The SMILES string of the molecule is CC(C)NC1(CN(C)c2ccc3c(n2)sc2nc(-c4ccc(NC(=O)Nc5cc(C(C)(C)C)on5)cc4)cn23)CC1. The first-order valence-corrected chi connectivity index (χ1v) is 14.7. The van der Waals surface area contributed by atoms with Crippen LogP contribution in [0.1, 0.15) is 53.2 Å². The van der Waals surface area contributed by atoms with Crippen LogP contribution in [0.5, 0.6) is 0 Å². The molecule has 1 aromatic carbocycles. The summed E-state index contributed by atoms with van der Waals surface area (Å²) in [6, 6.07) is 13.6. The number of imidazole rings is 1. The van der Waals surface area contributed by atoms with Crippen LogP contribution < -0.4 is 20.9 Å². The van der Waals surface area contributed by atoms with Gasteiger partial charge < -0.3 is 20.1 Å². The number of carbonyl (C=O) groups is 1. The van der Waals surface area contributed by atoms with E-state index < -0.39 is 0 Å². The van der Waals surface area contributed by atoms with Gasteiger partial charge in [-0.05, 0) is 37.1 Å². The fraction of sp³-hybridized carbons (Fsp3) is 0.400. The second-order valence-corrected chi connectivity index (χ2v) is 13.2. The van der Waals surface area contributed by atoms with Gasteiger partial charge in [-0.3, -0.25) is 9.72 Å². The van der Waals surface area contributed by atoms with Crippen molar-refractivity contribution >= 4 is 50.0 Å². The van der Waals surface area contributed by atoms with E-state index in [0.717, 1.165) is 38.9 Å². The van der Waals surface area contributed by atoms with Crippen LogP contribution in [0.3, 0.4) is 0 Å². The smallest absolute Gasteiger partial charge is 0.324 e. The zero-order valence-electron chi connectivity index (χ0n) is 24.3. The van der Waals surface area contributed by atoms with Crippen LogP contribution >= 0.6 is 11.3 Å². The van der Waals surface area contributed by atoms with Gasteiger partial charge in [0.25, 0.3) is 0 Å². The van der Waals surface area contributed by atoms with Gasteiger partial charge in [0.2, 0.25) is 0 Å². The number of urea groups is 1. The zero-order chi connectivity index (χ0) is 28.9. The van der Waals surface area contributed by atoms with Crippen molar-refractivity contribution < 1.29 is 9.32 Å². The van der Waals surface area contributed by atoms with E-state index in [0.29, 0.717) is 23.3 Å². The van der Waals surface area contributed by atoms with Gasteiger partial charge in [-0.15, -0.1) is 0 Å². The fourth-order valence-corrected chi connectivity index (χ4v) is 6.04. The van der Waals surface area contributed by atoms with Gasteiger partial charge in [0, 0.05) is 54.1 Å². The highest BCUT2D eigenvalue weighted by Gasteiger charge is 2.43. The third-order valence-corrected chi connectivity index (χ3v) is 8.22. The van der Waals surface area contributed by atoms with Gasteiger partial charge in [0.05, 0.1) is 11.2 Å². The number of hydrogen-bond donors (Lipinski definition) is 3. The Morgan fingerprint density at radius 1 is 1.12 bits per heavy atom. The third-order valence-electron chi connectivity index (χ3n) is 7.26. The Morgan fingerprint density at radius 3 is 2.54 bits per heavy atom. The standard InChI is InChI=1S/C30H36N8O2S/c1-18(2)35-30(13-14-30)17-37(6)25-12-11-22-26(34-25)41-28-32-21(16-38(22)28)19-7-9-20(10-8-19)31-27(39)33-24-15-23(40-36-24)29(3,4)5/h7-12,15-16,18,35H,13-14,17H2,1-6H3,(H2,31,33,36,39). The molecule has 11 heteroatoms. The van der Waals surface area contributed by atoms with Gasteiger partial charge in [-0.1, -0.05) is 63.2 Å². The number of rotatable bonds is 8. The number of anilines is 3. The molecule has 0 unspecified atom stereocenters. The van der Waals surface area contributed by atoms with E-state index in [1.165, 1.54) is 12.8 Å². The van der Waals surface area contributed by atoms with Gasteiger partial charge in [-0.25, -0.2) is 14.8 Å². The quantitative estimate of drug-likeness (QED) is 0.194. The molecule has 0 atom stereocenters. The molecule has 10 nitrogen and oxygen atoms in total. The van der Waals surface area contributed by atoms with Crippen molar-refractivity contribution in [1.29, 1.82) is 0 Å². The Balaban J connectivity index is 1.12. The highest BCUT2D eigenvalue weighted by atomic mass is 32.1. The summed E-state index contributed by atoms with van der Waals surface area (Å²) in [6.07, 6.45) is 4.45. The second-order valence-electron chi connectivity index (χ2n) is 12.3. The number of pyridine rings is 1. The maximum absolute atomic E-state index is 12.5. The first-order chi connectivity index (χ1) is 19.5. The fourth-order valence-electron chi connectivity index (χ4n) is 5.06. The molecule has 1 aliphatic carbocycles. The molecule has 4 aromatic heterocycles. The lowest BCUT2D eigenvalue weighted by Crippen LogP contribution is -2.45. The molecule has 3 N–H and O–H groups in total. The summed E-state index contributed by atoms with van der Waals surface area (Å²) in [5, 5.41) is 13.2. The van der Waals surface area contributed by atoms with Crippen molar-refractivity contribution in [2.45, 2.75) is 64.5 Å². The van der Waals surface area contributed by atoms with E-state index in [-0.39, 0.29) is 17.0 Å². The molecule has 41 heavy (non-hydrogen) atoms. The normalized spacial score (nSPS) is 14.6. The lowest BCUT2D eigenvalue weighted by Gasteiger charge is -2.27. The molecular formula is C30H36N8O2S. The van der Waals surface area contributed by atoms with E-state index in [1.807, 2.05) is 51.2 Å². The van der Waals surface area contributed by atoms with Crippen molar-refractivity contribution in [1.82, 2.24) is 24.8 Å². The number of nitrogens with zero attached hydrogens (tertiary/aromatic N) is 5. The Bertz CT molecular complexity index is 1710. The number of hydrogen-bond acceptors (Lipinski definition) is 8. The Morgan fingerprint density at radius 2 is 1.88 bits per heavy atom. The number of benzene rings is 1. The molecule has 1 aliphatic rings. The van der Waals surface area contributed by atoms with E-state index in [4.69, 9.17) is 14.5 Å². The highest BCUT2D eigenvalue weighted by molar-refractivity contribution is 7.23. The summed E-state index contributed by atoms with van der Waals surface area (Å²) in [5.74, 6) is 2.05. The van der Waals surface area contributed by atoms with Crippen molar-refractivity contribution in [3.8, 4) is 11.3 Å². The van der Waals surface area contributed by atoms with Crippen molar-refractivity contribution in [3.63, 3.8) is 0 Å². The molecule has 214 valence electrons. The summed E-state index contributed by atoms with van der Waals surface area (Å²) < 4.78 is 7.42. The number of fused-ring (bicyclic) bond motifs is 3. The number of likely N-dealkylation sites (N-methyl/N-ethyl adjacent to an activating group) is 1. The number of thiazole rings is 1. The van der Waals surface area contributed by atoms with E-state index >= 15 is 0 Å². The summed E-state index contributed by atoms with van der Waals surface area (Å²) >= 11 is 1.59. The third kappa shape index (κ3) is 5.77. The lowest BCUT2D eigenvalue weighted by molar-refractivity contribution is 0.262. The van der Waals surface area contributed by atoms with Crippen LogP contribution in [0.25, 0.3) is 26.6 Å². The van der Waals surface area contributed by atoms with E-state index in [2.05, 4.69) is 63.4 Å². The summed E-state index contributed by atoms with van der Waals surface area (Å²) in [5.41, 5.74) is 3.55. The maximum atomic E-state index is 12.5. The van der Waals surface area contributed by atoms with Crippen LogP contribution in [-0.2, 0) is 5.41 Å². The molecule has 0 radical (unpaired) electrons. The predicted molar refractivity (Wildman–Crippen MR) is 165 cm³/mol. The van der Waals surface area contributed by atoms with Crippen molar-refractivity contribution in [2.75, 3.05) is 29.1 Å². The molecule has 2 amide bonds. The molecule has 4 heterocycles. The van der Waals surface area contributed by atoms with Gasteiger partial charge in [0.1, 0.15) is 16.4 Å². The van der Waals surface area contributed by atoms with E-state index in [9.17, 15) is 4.79 Å². The average Bonchev–Trinajstić information content (AvgIpc) is 3.22. The van der Waals surface area contributed by atoms with E-state index in [1.54, 1.807) is 17.4 Å². The molecule has 0 spiro atoms.